The van der Waals surface area contributed by atoms with Crippen LogP contribution in [-0.4, -0.2) is 22.4 Å². The van der Waals surface area contributed by atoms with Gasteiger partial charge >= 0.3 is 0 Å². The van der Waals surface area contributed by atoms with E-state index in [4.69, 9.17) is 6.42 Å². The molecule has 1 rings (SSSR count). The predicted molar refractivity (Wildman–Crippen MR) is 47.9 cm³/mol. The summed E-state index contributed by atoms with van der Waals surface area (Å²) in [5.41, 5.74) is 1.09. The number of carbonyl (C=O) groups excluding carboxylic acids is 1. The number of amides is 1. The Morgan fingerprint density at radius 2 is 2.46 bits per heavy atom. The van der Waals surface area contributed by atoms with Crippen molar-refractivity contribution in [2.75, 3.05) is 6.54 Å². The third kappa shape index (κ3) is 2.56. The van der Waals surface area contributed by atoms with Crippen molar-refractivity contribution >= 4 is 5.91 Å². The van der Waals surface area contributed by atoms with Crippen LogP contribution in [0.3, 0.4) is 0 Å². The first-order chi connectivity index (χ1) is 6.24. The van der Waals surface area contributed by atoms with E-state index in [1.165, 1.54) is 6.33 Å². The Bertz CT molecular complexity index is 354. The molecule has 4 nitrogen and oxygen atoms in total. The van der Waals surface area contributed by atoms with Crippen LogP contribution in [0.4, 0.5) is 0 Å². The fraction of sp³-hybridized carbons (Fsp3) is 0.222. The zero-order chi connectivity index (χ0) is 9.68. The molecule has 0 saturated heterocycles. The molecule has 4 heteroatoms. The summed E-state index contributed by atoms with van der Waals surface area (Å²) in [6.07, 6.45) is 6.33. The molecule has 1 heterocycles. The number of rotatable bonds is 2. The second-order valence-electron chi connectivity index (χ2n) is 2.43. The second kappa shape index (κ2) is 4.21. The Balaban J connectivity index is 2.72. The lowest BCUT2D eigenvalue weighted by Gasteiger charge is -2.00. The maximum Gasteiger partial charge on any atom is 0.270 e. The molecule has 1 amide bonds. The van der Waals surface area contributed by atoms with E-state index >= 15 is 0 Å². The van der Waals surface area contributed by atoms with Gasteiger partial charge in [-0.25, -0.2) is 9.97 Å². The highest BCUT2D eigenvalue weighted by atomic mass is 16.1. The van der Waals surface area contributed by atoms with Gasteiger partial charge in [-0.3, -0.25) is 4.79 Å². The first kappa shape index (κ1) is 9.20. The SMILES string of the molecule is C#CCNC(=O)c1cc(C)ncn1. The molecule has 0 saturated carbocycles. The molecule has 0 aromatic carbocycles. The maximum absolute atomic E-state index is 11.3. The topological polar surface area (TPSA) is 54.9 Å². The largest absolute Gasteiger partial charge is 0.340 e. The molecule has 1 aromatic rings. The standard InChI is InChI=1S/C9H9N3O/c1-3-4-10-9(13)8-5-7(2)11-6-12-8/h1,5-6H,4H2,2H3,(H,10,13). The van der Waals surface area contributed by atoms with Crippen LogP contribution >= 0.6 is 0 Å². The Morgan fingerprint density at radius 3 is 3.08 bits per heavy atom. The van der Waals surface area contributed by atoms with Gasteiger partial charge in [-0.05, 0) is 13.0 Å². The van der Waals surface area contributed by atoms with E-state index in [0.717, 1.165) is 5.69 Å². The molecule has 1 aromatic heterocycles. The highest BCUT2D eigenvalue weighted by Gasteiger charge is 2.05. The van der Waals surface area contributed by atoms with Crippen molar-refractivity contribution in [3.63, 3.8) is 0 Å². The summed E-state index contributed by atoms with van der Waals surface area (Å²) in [6.45, 7) is 2.00. The normalized spacial score (nSPS) is 8.92. The minimum absolute atomic E-state index is 0.210. The van der Waals surface area contributed by atoms with Gasteiger partial charge in [-0.2, -0.15) is 0 Å². The molecule has 0 aliphatic rings. The number of nitrogens with one attached hydrogen (secondary N) is 1. The summed E-state index contributed by atoms with van der Waals surface area (Å²) in [7, 11) is 0. The quantitative estimate of drug-likeness (QED) is 0.651. The van der Waals surface area contributed by atoms with Crippen LogP contribution in [0.25, 0.3) is 0 Å². The average Bonchev–Trinajstić information content (AvgIpc) is 2.14. The van der Waals surface area contributed by atoms with E-state index in [0.29, 0.717) is 5.69 Å². The fourth-order valence-corrected chi connectivity index (χ4v) is 0.801. The summed E-state index contributed by atoms with van der Waals surface area (Å²) < 4.78 is 0. The number of aromatic nitrogens is 2. The van der Waals surface area contributed by atoms with E-state index in [-0.39, 0.29) is 12.5 Å². The Hall–Kier alpha value is -1.89. The molecule has 0 atom stereocenters. The molecular formula is C9H9N3O. The van der Waals surface area contributed by atoms with Crippen LogP contribution in [0, 0.1) is 19.3 Å². The summed E-state index contributed by atoms with van der Waals surface area (Å²) in [6, 6.07) is 1.60. The molecule has 13 heavy (non-hydrogen) atoms. The number of aryl methyl sites for hydroxylation is 1. The zero-order valence-electron chi connectivity index (χ0n) is 7.24. The average molecular weight is 175 g/mol. The molecule has 0 radical (unpaired) electrons. The highest BCUT2D eigenvalue weighted by Crippen LogP contribution is 1.95. The van der Waals surface area contributed by atoms with Gasteiger partial charge in [0.2, 0.25) is 0 Å². The van der Waals surface area contributed by atoms with E-state index in [1.54, 1.807) is 13.0 Å². The molecule has 1 N–H and O–H groups in total. The van der Waals surface area contributed by atoms with Crippen LogP contribution in [0.1, 0.15) is 16.2 Å². The third-order valence-corrected chi connectivity index (χ3v) is 1.39. The summed E-state index contributed by atoms with van der Waals surface area (Å²) >= 11 is 0. The van der Waals surface area contributed by atoms with Crippen LogP contribution in [0.2, 0.25) is 0 Å². The van der Waals surface area contributed by atoms with Crippen LogP contribution in [-0.2, 0) is 0 Å². The predicted octanol–water partition coefficient (Wildman–Crippen LogP) is 0.148. The van der Waals surface area contributed by atoms with Gasteiger partial charge in [0.1, 0.15) is 12.0 Å². The molecule has 0 aliphatic heterocycles. The number of hydrogen-bond donors (Lipinski definition) is 1. The van der Waals surface area contributed by atoms with Crippen molar-refractivity contribution in [3.05, 3.63) is 23.8 Å². The highest BCUT2D eigenvalue weighted by molar-refractivity contribution is 5.92. The monoisotopic (exact) mass is 175 g/mol. The van der Waals surface area contributed by atoms with E-state index < -0.39 is 0 Å². The molecule has 0 bridgehead atoms. The summed E-state index contributed by atoms with van der Waals surface area (Å²) in [5.74, 6) is 2.03. The first-order valence-electron chi connectivity index (χ1n) is 3.74. The van der Waals surface area contributed by atoms with Crippen molar-refractivity contribution in [1.29, 1.82) is 0 Å². The Labute approximate surface area is 76.4 Å². The number of nitrogens with zero attached hydrogens (tertiary/aromatic N) is 2. The van der Waals surface area contributed by atoms with Gasteiger partial charge in [-0.15, -0.1) is 6.42 Å². The number of carbonyl (C=O) groups is 1. The lowest BCUT2D eigenvalue weighted by molar-refractivity contribution is 0.0953. The lowest BCUT2D eigenvalue weighted by Crippen LogP contribution is -2.24. The van der Waals surface area contributed by atoms with Crippen LogP contribution < -0.4 is 5.32 Å². The van der Waals surface area contributed by atoms with E-state index in [2.05, 4.69) is 21.2 Å². The lowest BCUT2D eigenvalue weighted by atomic mass is 10.3. The van der Waals surface area contributed by atoms with Gasteiger partial charge in [-0.1, -0.05) is 5.92 Å². The van der Waals surface area contributed by atoms with Gasteiger partial charge in [0, 0.05) is 5.69 Å². The number of terminal acetylenes is 1. The minimum atomic E-state index is -0.275. The maximum atomic E-state index is 11.3. The van der Waals surface area contributed by atoms with Gasteiger partial charge < -0.3 is 5.32 Å². The Morgan fingerprint density at radius 1 is 1.69 bits per heavy atom. The van der Waals surface area contributed by atoms with Crippen LogP contribution in [0.15, 0.2) is 12.4 Å². The van der Waals surface area contributed by atoms with Crippen molar-refractivity contribution in [2.24, 2.45) is 0 Å². The van der Waals surface area contributed by atoms with Gasteiger partial charge in [0.05, 0.1) is 6.54 Å². The van der Waals surface area contributed by atoms with E-state index in [9.17, 15) is 4.79 Å². The second-order valence-corrected chi connectivity index (χ2v) is 2.43. The summed E-state index contributed by atoms with van der Waals surface area (Å²) in [5, 5.41) is 2.51. The third-order valence-electron chi connectivity index (χ3n) is 1.39. The first-order valence-corrected chi connectivity index (χ1v) is 3.74. The van der Waals surface area contributed by atoms with Crippen molar-refractivity contribution in [3.8, 4) is 12.3 Å². The van der Waals surface area contributed by atoms with Gasteiger partial charge in [0.15, 0.2) is 0 Å². The molecular weight excluding hydrogens is 166 g/mol. The molecule has 0 unspecified atom stereocenters. The van der Waals surface area contributed by atoms with E-state index in [1.807, 2.05) is 0 Å². The van der Waals surface area contributed by atoms with Crippen LogP contribution in [0.5, 0.6) is 0 Å². The van der Waals surface area contributed by atoms with Crippen molar-refractivity contribution in [2.45, 2.75) is 6.92 Å². The van der Waals surface area contributed by atoms with Crippen molar-refractivity contribution < 1.29 is 4.79 Å². The molecule has 66 valence electrons. The summed E-state index contributed by atoms with van der Waals surface area (Å²) in [4.78, 5) is 18.9. The molecule has 0 fully saturated rings. The van der Waals surface area contributed by atoms with Gasteiger partial charge in [0.25, 0.3) is 5.91 Å². The zero-order valence-corrected chi connectivity index (χ0v) is 7.24. The molecule has 0 aliphatic carbocycles. The smallest absolute Gasteiger partial charge is 0.270 e. The molecule has 0 spiro atoms. The number of hydrogen-bond acceptors (Lipinski definition) is 3. The minimum Gasteiger partial charge on any atom is -0.340 e. The fourth-order valence-electron chi connectivity index (χ4n) is 0.801. The van der Waals surface area contributed by atoms with Crippen molar-refractivity contribution in [1.82, 2.24) is 15.3 Å². The Kier molecular flexibility index (Phi) is 2.98.